The van der Waals surface area contributed by atoms with Crippen molar-refractivity contribution in [3.05, 3.63) is 29.3 Å². The third-order valence-electron chi connectivity index (χ3n) is 3.07. The van der Waals surface area contributed by atoms with Crippen LogP contribution in [0, 0.1) is 0 Å². The van der Waals surface area contributed by atoms with Crippen molar-refractivity contribution in [3.63, 3.8) is 0 Å². The first-order valence-corrected chi connectivity index (χ1v) is 6.02. The van der Waals surface area contributed by atoms with Crippen molar-refractivity contribution >= 4 is 11.7 Å². The van der Waals surface area contributed by atoms with E-state index in [4.69, 9.17) is 14.9 Å². The number of aromatic carboxylic acids is 1. The Bertz CT molecular complexity index is 433. The highest BCUT2D eigenvalue weighted by Gasteiger charge is 2.20. The molecule has 98 valence electrons. The number of aliphatic hydroxyl groups is 1. The zero-order chi connectivity index (χ0) is 13.0. The van der Waals surface area contributed by atoms with Crippen LogP contribution in [0.5, 0.6) is 0 Å². The van der Waals surface area contributed by atoms with E-state index in [0.29, 0.717) is 18.8 Å². The number of carboxylic acid groups (broad SMARTS) is 1. The van der Waals surface area contributed by atoms with Crippen LogP contribution in [0.3, 0.4) is 0 Å². The van der Waals surface area contributed by atoms with Gasteiger partial charge in [0.2, 0.25) is 0 Å². The predicted octanol–water partition coefficient (Wildman–Crippen LogP) is 0.756. The zero-order valence-corrected chi connectivity index (χ0v) is 10.1. The van der Waals surface area contributed by atoms with Gasteiger partial charge in [-0.15, -0.1) is 0 Å². The number of benzene rings is 1. The van der Waals surface area contributed by atoms with Crippen molar-refractivity contribution in [2.75, 3.05) is 37.8 Å². The highest BCUT2D eigenvalue weighted by Crippen LogP contribution is 2.28. The molecule has 5 nitrogen and oxygen atoms in total. The monoisotopic (exact) mass is 251 g/mol. The third-order valence-corrected chi connectivity index (χ3v) is 3.07. The van der Waals surface area contributed by atoms with E-state index in [0.717, 1.165) is 25.2 Å². The topological polar surface area (TPSA) is 70.0 Å². The Morgan fingerprint density at radius 2 is 2.22 bits per heavy atom. The molecule has 0 radical (unpaired) electrons. The first-order valence-electron chi connectivity index (χ1n) is 6.02. The number of rotatable bonds is 6. The number of ether oxygens (including phenoxy) is 1. The van der Waals surface area contributed by atoms with E-state index >= 15 is 0 Å². The van der Waals surface area contributed by atoms with Crippen LogP contribution in [0.1, 0.15) is 15.9 Å². The van der Waals surface area contributed by atoms with Crippen LogP contribution in [0.15, 0.2) is 18.2 Å². The van der Waals surface area contributed by atoms with E-state index in [1.54, 1.807) is 12.1 Å². The summed E-state index contributed by atoms with van der Waals surface area (Å²) < 4.78 is 5.23. The summed E-state index contributed by atoms with van der Waals surface area (Å²) in [7, 11) is 0. The Hall–Kier alpha value is -1.59. The van der Waals surface area contributed by atoms with Crippen LogP contribution < -0.4 is 4.90 Å². The maximum absolute atomic E-state index is 10.9. The molecule has 0 spiro atoms. The summed E-state index contributed by atoms with van der Waals surface area (Å²) in [5.41, 5.74) is 2.49. The lowest BCUT2D eigenvalue weighted by atomic mass is 10.1. The minimum Gasteiger partial charge on any atom is -0.478 e. The second-order valence-corrected chi connectivity index (χ2v) is 4.22. The fraction of sp³-hybridized carbons (Fsp3) is 0.462. The van der Waals surface area contributed by atoms with E-state index in [9.17, 15) is 4.79 Å². The molecule has 2 rings (SSSR count). The normalized spacial score (nSPS) is 13.7. The summed E-state index contributed by atoms with van der Waals surface area (Å²) in [5, 5.41) is 17.6. The highest BCUT2D eigenvalue weighted by molar-refractivity contribution is 5.89. The number of nitrogens with zero attached hydrogens (tertiary/aromatic N) is 1. The molecular weight excluding hydrogens is 234 g/mol. The molecule has 18 heavy (non-hydrogen) atoms. The number of carbonyl (C=O) groups is 1. The van der Waals surface area contributed by atoms with Gasteiger partial charge in [0.05, 0.1) is 25.4 Å². The Labute approximate surface area is 106 Å². The van der Waals surface area contributed by atoms with Crippen LogP contribution >= 0.6 is 0 Å². The molecule has 0 atom stereocenters. The molecule has 0 unspecified atom stereocenters. The van der Waals surface area contributed by atoms with Crippen molar-refractivity contribution in [1.82, 2.24) is 0 Å². The highest BCUT2D eigenvalue weighted by atomic mass is 16.5. The van der Waals surface area contributed by atoms with E-state index < -0.39 is 5.97 Å². The molecule has 0 saturated heterocycles. The van der Waals surface area contributed by atoms with E-state index in [1.165, 1.54) is 5.56 Å². The summed E-state index contributed by atoms with van der Waals surface area (Å²) in [6, 6.07) is 5.25. The first-order chi connectivity index (χ1) is 8.72. The summed E-state index contributed by atoms with van der Waals surface area (Å²) >= 11 is 0. The average Bonchev–Trinajstić information content (AvgIpc) is 2.77. The maximum atomic E-state index is 10.9. The number of hydrogen-bond donors (Lipinski definition) is 2. The second kappa shape index (κ2) is 5.84. The van der Waals surface area contributed by atoms with Gasteiger partial charge >= 0.3 is 5.97 Å². The van der Waals surface area contributed by atoms with Gasteiger partial charge in [-0.25, -0.2) is 4.79 Å². The molecule has 0 bridgehead atoms. The van der Waals surface area contributed by atoms with Crippen LogP contribution in [-0.4, -0.2) is 49.1 Å². The molecular formula is C13H17NO4. The fourth-order valence-electron chi connectivity index (χ4n) is 2.15. The fourth-order valence-corrected chi connectivity index (χ4v) is 2.15. The quantitative estimate of drug-likeness (QED) is 0.730. The second-order valence-electron chi connectivity index (χ2n) is 4.22. The SMILES string of the molecule is O=C(O)c1ccc2c(c1)N(CCOCCO)CC2. The molecule has 0 aromatic heterocycles. The Kier molecular flexibility index (Phi) is 4.17. The van der Waals surface area contributed by atoms with Gasteiger partial charge in [-0.3, -0.25) is 0 Å². The summed E-state index contributed by atoms with van der Waals surface area (Å²) in [5.74, 6) is -0.902. The Balaban J connectivity index is 2.02. The van der Waals surface area contributed by atoms with Gasteiger partial charge in [0.15, 0.2) is 0 Å². The van der Waals surface area contributed by atoms with Gasteiger partial charge in [-0.2, -0.15) is 0 Å². The zero-order valence-electron chi connectivity index (χ0n) is 10.1. The van der Waals surface area contributed by atoms with Gasteiger partial charge in [0.1, 0.15) is 0 Å². The Morgan fingerprint density at radius 3 is 2.94 bits per heavy atom. The molecule has 1 heterocycles. The molecule has 2 N–H and O–H groups in total. The molecule has 0 saturated carbocycles. The van der Waals surface area contributed by atoms with Gasteiger partial charge < -0.3 is 19.8 Å². The largest absolute Gasteiger partial charge is 0.478 e. The number of anilines is 1. The lowest BCUT2D eigenvalue weighted by Gasteiger charge is -2.19. The van der Waals surface area contributed by atoms with Gasteiger partial charge in [-0.1, -0.05) is 6.07 Å². The van der Waals surface area contributed by atoms with Gasteiger partial charge in [0, 0.05) is 18.8 Å². The molecule has 0 amide bonds. The lowest BCUT2D eigenvalue weighted by molar-refractivity contribution is 0.0697. The summed E-state index contributed by atoms with van der Waals surface area (Å²) in [4.78, 5) is 13.1. The van der Waals surface area contributed by atoms with Crippen molar-refractivity contribution in [2.45, 2.75) is 6.42 Å². The lowest BCUT2D eigenvalue weighted by Crippen LogP contribution is -2.25. The van der Waals surface area contributed by atoms with E-state index in [2.05, 4.69) is 4.90 Å². The molecule has 1 aliphatic heterocycles. The molecule has 5 heteroatoms. The standard InChI is InChI=1S/C13H17NO4/c15-6-8-18-7-5-14-4-3-10-1-2-11(13(16)17)9-12(10)14/h1-2,9,15H,3-8H2,(H,16,17). The number of carboxylic acids is 1. The average molecular weight is 251 g/mol. The molecule has 1 aromatic carbocycles. The smallest absolute Gasteiger partial charge is 0.335 e. The van der Waals surface area contributed by atoms with Crippen molar-refractivity contribution in [1.29, 1.82) is 0 Å². The number of fused-ring (bicyclic) bond motifs is 1. The summed E-state index contributed by atoms with van der Waals surface area (Å²) in [6.45, 7) is 2.52. The molecule has 0 aliphatic carbocycles. The predicted molar refractivity (Wildman–Crippen MR) is 67.2 cm³/mol. The van der Waals surface area contributed by atoms with Crippen molar-refractivity contribution in [2.24, 2.45) is 0 Å². The van der Waals surface area contributed by atoms with Crippen LogP contribution in [0.2, 0.25) is 0 Å². The minimum atomic E-state index is -0.902. The van der Waals surface area contributed by atoms with Crippen LogP contribution in [-0.2, 0) is 11.2 Å². The Morgan fingerprint density at radius 1 is 1.39 bits per heavy atom. The number of aliphatic hydroxyl groups excluding tert-OH is 1. The van der Waals surface area contributed by atoms with Crippen LogP contribution in [0.4, 0.5) is 5.69 Å². The van der Waals surface area contributed by atoms with Gasteiger partial charge in [-0.05, 0) is 24.1 Å². The van der Waals surface area contributed by atoms with Crippen molar-refractivity contribution in [3.8, 4) is 0 Å². The molecule has 1 aliphatic rings. The van der Waals surface area contributed by atoms with Crippen LogP contribution in [0.25, 0.3) is 0 Å². The van der Waals surface area contributed by atoms with E-state index in [1.807, 2.05) is 6.07 Å². The molecule has 0 fully saturated rings. The summed E-state index contributed by atoms with van der Waals surface area (Å²) in [6.07, 6.45) is 0.940. The third kappa shape index (κ3) is 2.80. The van der Waals surface area contributed by atoms with Crippen molar-refractivity contribution < 1.29 is 19.7 Å². The number of hydrogen-bond acceptors (Lipinski definition) is 4. The maximum Gasteiger partial charge on any atom is 0.335 e. The molecule has 1 aromatic rings. The van der Waals surface area contributed by atoms with Gasteiger partial charge in [0.25, 0.3) is 0 Å². The van der Waals surface area contributed by atoms with E-state index in [-0.39, 0.29) is 6.61 Å². The minimum absolute atomic E-state index is 0.0275. The first kappa shape index (κ1) is 12.9.